The molecule has 0 aromatic rings. The Kier molecular flexibility index (Phi) is 2.72. The summed E-state index contributed by atoms with van der Waals surface area (Å²) in [4.78, 5) is 0. The second-order valence-corrected chi connectivity index (χ2v) is 3.67. The van der Waals surface area contributed by atoms with Gasteiger partial charge in [-0.2, -0.15) is 0 Å². The van der Waals surface area contributed by atoms with Crippen LogP contribution in [0.5, 0.6) is 0 Å². The molecule has 64 valence electrons. The van der Waals surface area contributed by atoms with Crippen molar-refractivity contribution in [3.8, 4) is 0 Å². The SMILES string of the molecule is CCCC(C)C(O)C1=CC1C. The molecule has 0 saturated carbocycles. The molecule has 1 aliphatic carbocycles. The Morgan fingerprint density at radius 1 is 1.64 bits per heavy atom. The molecule has 1 heteroatoms. The Bertz CT molecular complexity index is 160. The minimum Gasteiger partial charge on any atom is -0.388 e. The van der Waals surface area contributed by atoms with Crippen molar-refractivity contribution >= 4 is 0 Å². The van der Waals surface area contributed by atoms with Gasteiger partial charge in [0.1, 0.15) is 0 Å². The molecule has 0 bridgehead atoms. The van der Waals surface area contributed by atoms with Crippen LogP contribution >= 0.6 is 0 Å². The van der Waals surface area contributed by atoms with Crippen LogP contribution in [0.4, 0.5) is 0 Å². The lowest BCUT2D eigenvalue weighted by Gasteiger charge is -2.15. The van der Waals surface area contributed by atoms with Gasteiger partial charge in [-0.25, -0.2) is 0 Å². The summed E-state index contributed by atoms with van der Waals surface area (Å²) in [5.74, 6) is 1.01. The number of aliphatic hydroxyl groups excluding tert-OH is 1. The van der Waals surface area contributed by atoms with E-state index in [4.69, 9.17) is 0 Å². The summed E-state index contributed by atoms with van der Waals surface area (Å²) in [6, 6.07) is 0. The lowest BCUT2D eigenvalue weighted by molar-refractivity contribution is 0.146. The molecule has 0 aromatic heterocycles. The average Bonchev–Trinajstić information content (AvgIpc) is 2.66. The summed E-state index contributed by atoms with van der Waals surface area (Å²) < 4.78 is 0. The summed E-state index contributed by atoms with van der Waals surface area (Å²) >= 11 is 0. The molecule has 1 N–H and O–H groups in total. The second-order valence-electron chi connectivity index (χ2n) is 3.67. The maximum atomic E-state index is 9.69. The molecule has 0 aliphatic heterocycles. The smallest absolute Gasteiger partial charge is 0.0781 e. The fourth-order valence-electron chi connectivity index (χ4n) is 1.55. The summed E-state index contributed by atoms with van der Waals surface area (Å²) in [7, 11) is 0. The van der Waals surface area contributed by atoms with Gasteiger partial charge in [0.15, 0.2) is 0 Å². The van der Waals surface area contributed by atoms with Crippen LogP contribution in [0.25, 0.3) is 0 Å². The van der Waals surface area contributed by atoms with Gasteiger partial charge in [0.2, 0.25) is 0 Å². The molecule has 0 saturated heterocycles. The van der Waals surface area contributed by atoms with Crippen LogP contribution in [0, 0.1) is 11.8 Å². The van der Waals surface area contributed by atoms with E-state index in [1.807, 2.05) is 0 Å². The van der Waals surface area contributed by atoms with Crippen LogP contribution in [0.1, 0.15) is 33.6 Å². The molecular weight excluding hydrogens is 136 g/mol. The van der Waals surface area contributed by atoms with Crippen molar-refractivity contribution in [3.05, 3.63) is 11.6 Å². The monoisotopic (exact) mass is 154 g/mol. The van der Waals surface area contributed by atoms with E-state index in [-0.39, 0.29) is 6.10 Å². The fourth-order valence-corrected chi connectivity index (χ4v) is 1.55. The van der Waals surface area contributed by atoms with Crippen molar-refractivity contribution in [2.24, 2.45) is 11.8 Å². The second kappa shape index (κ2) is 3.40. The van der Waals surface area contributed by atoms with Gasteiger partial charge >= 0.3 is 0 Å². The number of aliphatic hydroxyl groups is 1. The summed E-state index contributed by atoms with van der Waals surface area (Å²) in [6.45, 7) is 6.42. The third-order valence-electron chi connectivity index (χ3n) is 2.48. The molecule has 0 spiro atoms. The van der Waals surface area contributed by atoms with Gasteiger partial charge in [-0.15, -0.1) is 0 Å². The first-order valence-corrected chi connectivity index (χ1v) is 4.56. The van der Waals surface area contributed by atoms with Gasteiger partial charge in [0, 0.05) is 0 Å². The third kappa shape index (κ3) is 2.06. The van der Waals surface area contributed by atoms with Crippen molar-refractivity contribution in [3.63, 3.8) is 0 Å². The molecule has 0 amide bonds. The predicted octanol–water partition coefficient (Wildman–Crippen LogP) is 2.36. The van der Waals surface area contributed by atoms with Crippen LogP contribution in [0.2, 0.25) is 0 Å². The molecule has 3 atom stereocenters. The normalized spacial score (nSPS) is 27.6. The van der Waals surface area contributed by atoms with Crippen LogP contribution in [-0.4, -0.2) is 11.2 Å². The molecule has 0 heterocycles. The zero-order chi connectivity index (χ0) is 8.43. The minimum atomic E-state index is -0.162. The minimum absolute atomic E-state index is 0.162. The summed E-state index contributed by atoms with van der Waals surface area (Å²) in [6.07, 6.45) is 4.28. The number of rotatable bonds is 4. The molecule has 0 aromatic carbocycles. The highest BCUT2D eigenvalue weighted by molar-refractivity contribution is 5.31. The van der Waals surface area contributed by atoms with E-state index in [1.165, 1.54) is 12.0 Å². The van der Waals surface area contributed by atoms with E-state index in [1.54, 1.807) is 0 Å². The Hall–Kier alpha value is -0.300. The van der Waals surface area contributed by atoms with Crippen LogP contribution in [-0.2, 0) is 0 Å². The van der Waals surface area contributed by atoms with E-state index in [0.29, 0.717) is 11.8 Å². The third-order valence-corrected chi connectivity index (χ3v) is 2.48. The first-order chi connectivity index (χ1) is 5.16. The lowest BCUT2D eigenvalue weighted by atomic mass is 9.96. The van der Waals surface area contributed by atoms with Crippen LogP contribution in [0.15, 0.2) is 11.6 Å². The van der Waals surface area contributed by atoms with Gasteiger partial charge in [-0.1, -0.05) is 33.3 Å². The van der Waals surface area contributed by atoms with Gasteiger partial charge < -0.3 is 5.11 Å². The molecule has 11 heavy (non-hydrogen) atoms. The Morgan fingerprint density at radius 3 is 2.55 bits per heavy atom. The molecular formula is C10H18O. The van der Waals surface area contributed by atoms with Crippen molar-refractivity contribution in [2.45, 2.75) is 39.7 Å². The Labute approximate surface area is 69.1 Å². The molecule has 1 nitrogen and oxygen atoms in total. The molecule has 1 aliphatic rings. The maximum absolute atomic E-state index is 9.69. The first-order valence-electron chi connectivity index (χ1n) is 4.56. The first kappa shape index (κ1) is 8.79. The molecule has 3 unspecified atom stereocenters. The quantitative estimate of drug-likeness (QED) is 0.616. The van der Waals surface area contributed by atoms with Gasteiger partial charge in [-0.05, 0) is 23.8 Å². The molecule has 0 fully saturated rings. The molecule has 0 radical (unpaired) electrons. The summed E-state index contributed by atoms with van der Waals surface area (Å²) in [5.41, 5.74) is 1.26. The van der Waals surface area contributed by atoms with E-state index in [9.17, 15) is 5.11 Å². The maximum Gasteiger partial charge on any atom is 0.0781 e. The summed E-state index contributed by atoms with van der Waals surface area (Å²) in [5, 5.41) is 9.69. The zero-order valence-corrected chi connectivity index (χ0v) is 7.67. The largest absolute Gasteiger partial charge is 0.388 e. The van der Waals surface area contributed by atoms with Crippen molar-refractivity contribution < 1.29 is 5.11 Å². The van der Waals surface area contributed by atoms with Gasteiger partial charge in [0.25, 0.3) is 0 Å². The lowest BCUT2D eigenvalue weighted by Crippen LogP contribution is -2.17. The number of hydrogen-bond acceptors (Lipinski definition) is 1. The van der Waals surface area contributed by atoms with Crippen molar-refractivity contribution in [1.82, 2.24) is 0 Å². The van der Waals surface area contributed by atoms with E-state index in [0.717, 1.165) is 6.42 Å². The van der Waals surface area contributed by atoms with Crippen LogP contribution in [0.3, 0.4) is 0 Å². The topological polar surface area (TPSA) is 20.2 Å². The van der Waals surface area contributed by atoms with Crippen molar-refractivity contribution in [2.75, 3.05) is 0 Å². The predicted molar refractivity (Wildman–Crippen MR) is 47.3 cm³/mol. The van der Waals surface area contributed by atoms with Crippen molar-refractivity contribution in [1.29, 1.82) is 0 Å². The Balaban J connectivity index is 2.29. The number of hydrogen-bond donors (Lipinski definition) is 1. The average molecular weight is 154 g/mol. The van der Waals surface area contributed by atoms with Crippen LogP contribution < -0.4 is 0 Å². The van der Waals surface area contributed by atoms with E-state index in [2.05, 4.69) is 26.8 Å². The molecule has 1 rings (SSSR count). The Morgan fingerprint density at radius 2 is 2.18 bits per heavy atom. The number of allylic oxidation sites excluding steroid dienone is 1. The highest BCUT2D eigenvalue weighted by atomic mass is 16.3. The van der Waals surface area contributed by atoms with Gasteiger partial charge in [0.05, 0.1) is 6.10 Å². The van der Waals surface area contributed by atoms with Gasteiger partial charge in [-0.3, -0.25) is 0 Å². The van der Waals surface area contributed by atoms with E-state index >= 15 is 0 Å². The van der Waals surface area contributed by atoms with E-state index < -0.39 is 0 Å². The zero-order valence-electron chi connectivity index (χ0n) is 7.67. The highest BCUT2D eigenvalue weighted by Crippen LogP contribution is 2.34. The highest BCUT2D eigenvalue weighted by Gasteiger charge is 2.29. The standard InChI is InChI=1S/C10H18O/c1-4-5-7(2)10(11)9-6-8(9)3/h6-8,10-11H,4-5H2,1-3H3. The fraction of sp³-hybridized carbons (Fsp3) is 0.800.